The second-order valence-corrected chi connectivity index (χ2v) is 7.09. The molecule has 106 valence electrons. The van der Waals surface area contributed by atoms with Crippen LogP contribution in [-0.4, -0.2) is 8.42 Å². The maximum absolute atomic E-state index is 12.5. The molecular weight excluding hydrogens is 340 g/mol. The number of rotatable bonds is 3. The van der Waals surface area contributed by atoms with E-state index in [4.69, 9.17) is 5.73 Å². The number of nitrogen functional groups attached to an aromatic ring is 1. The zero-order chi connectivity index (χ0) is 14.9. The third kappa shape index (κ3) is 2.96. The van der Waals surface area contributed by atoms with Gasteiger partial charge in [0, 0.05) is 10.2 Å². The average molecular weight is 355 g/mol. The summed E-state index contributed by atoms with van der Waals surface area (Å²) in [4.78, 5) is 0.137. The first-order valence-corrected chi connectivity index (χ1v) is 8.23. The SMILES string of the molecule is Cc1ccc(C)c(S(=O)(=O)Nc2cccc(Br)c2)c1N. The summed E-state index contributed by atoms with van der Waals surface area (Å²) in [5.41, 5.74) is 8.06. The molecule has 0 unspecified atom stereocenters. The van der Waals surface area contributed by atoms with Crippen molar-refractivity contribution in [3.05, 3.63) is 52.0 Å². The summed E-state index contributed by atoms with van der Waals surface area (Å²) in [5, 5.41) is 0. The minimum atomic E-state index is -3.71. The molecule has 2 aromatic carbocycles. The van der Waals surface area contributed by atoms with Crippen LogP contribution in [0.2, 0.25) is 0 Å². The Morgan fingerprint density at radius 1 is 1.10 bits per heavy atom. The highest BCUT2D eigenvalue weighted by Crippen LogP contribution is 2.28. The predicted molar refractivity (Wildman–Crippen MR) is 85.3 cm³/mol. The van der Waals surface area contributed by atoms with Crippen LogP contribution in [0.3, 0.4) is 0 Å². The van der Waals surface area contributed by atoms with Crippen molar-refractivity contribution in [3.63, 3.8) is 0 Å². The van der Waals surface area contributed by atoms with Crippen molar-refractivity contribution in [1.82, 2.24) is 0 Å². The Balaban J connectivity index is 2.49. The molecule has 0 aliphatic carbocycles. The van der Waals surface area contributed by atoms with Crippen LogP contribution < -0.4 is 10.5 Å². The van der Waals surface area contributed by atoms with Crippen LogP contribution in [0.1, 0.15) is 11.1 Å². The van der Waals surface area contributed by atoms with Crippen LogP contribution in [0.4, 0.5) is 11.4 Å². The minimum absolute atomic E-state index is 0.137. The molecule has 2 rings (SSSR count). The van der Waals surface area contributed by atoms with Gasteiger partial charge in [-0.1, -0.05) is 34.1 Å². The van der Waals surface area contributed by atoms with Crippen LogP contribution in [0, 0.1) is 13.8 Å². The number of hydrogen-bond donors (Lipinski definition) is 2. The van der Waals surface area contributed by atoms with Crippen molar-refractivity contribution in [1.29, 1.82) is 0 Å². The molecule has 0 bridgehead atoms. The van der Waals surface area contributed by atoms with Gasteiger partial charge in [-0.3, -0.25) is 4.72 Å². The molecule has 6 heteroatoms. The normalized spacial score (nSPS) is 11.3. The predicted octanol–water partition coefficient (Wildman–Crippen LogP) is 3.45. The molecule has 0 aliphatic heterocycles. The molecule has 0 atom stereocenters. The van der Waals surface area contributed by atoms with Crippen molar-refractivity contribution >= 4 is 37.3 Å². The molecule has 0 heterocycles. The second kappa shape index (κ2) is 5.46. The lowest BCUT2D eigenvalue weighted by Crippen LogP contribution is -2.16. The number of benzene rings is 2. The van der Waals surface area contributed by atoms with Gasteiger partial charge in [-0.15, -0.1) is 0 Å². The average Bonchev–Trinajstić information content (AvgIpc) is 2.33. The van der Waals surface area contributed by atoms with Gasteiger partial charge in [0.15, 0.2) is 0 Å². The summed E-state index contributed by atoms with van der Waals surface area (Å²) in [5.74, 6) is 0. The third-order valence-electron chi connectivity index (χ3n) is 2.96. The van der Waals surface area contributed by atoms with E-state index in [1.54, 1.807) is 38.1 Å². The molecule has 4 nitrogen and oxygen atoms in total. The molecule has 0 aromatic heterocycles. The molecular formula is C14H15BrN2O2S. The Morgan fingerprint density at radius 2 is 1.75 bits per heavy atom. The van der Waals surface area contributed by atoms with E-state index in [1.165, 1.54) is 0 Å². The molecule has 0 spiro atoms. The van der Waals surface area contributed by atoms with Crippen molar-refractivity contribution < 1.29 is 8.42 Å². The highest BCUT2D eigenvalue weighted by Gasteiger charge is 2.21. The monoisotopic (exact) mass is 354 g/mol. The van der Waals surface area contributed by atoms with Crippen LogP contribution in [-0.2, 0) is 10.0 Å². The summed E-state index contributed by atoms with van der Waals surface area (Å²) in [6.07, 6.45) is 0. The molecule has 20 heavy (non-hydrogen) atoms. The number of anilines is 2. The van der Waals surface area contributed by atoms with Crippen molar-refractivity contribution in [2.45, 2.75) is 18.7 Å². The van der Waals surface area contributed by atoms with Gasteiger partial charge in [0.1, 0.15) is 4.90 Å². The molecule has 0 amide bonds. The van der Waals surface area contributed by atoms with Gasteiger partial charge >= 0.3 is 0 Å². The zero-order valence-corrected chi connectivity index (χ0v) is 13.5. The summed E-state index contributed by atoms with van der Waals surface area (Å²) < 4.78 is 28.3. The van der Waals surface area contributed by atoms with E-state index < -0.39 is 10.0 Å². The van der Waals surface area contributed by atoms with Crippen LogP contribution >= 0.6 is 15.9 Å². The number of nitrogens with two attached hydrogens (primary N) is 1. The van der Waals surface area contributed by atoms with E-state index in [1.807, 2.05) is 12.1 Å². The Kier molecular flexibility index (Phi) is 4.06. The minimum Gasteiger partial charge on any atom is -0.397 e. The number of aryl methyl sites for hydroxylation is 2. The van der Waals surface area contributed by atoms with Gasteiger partial charge in [-0.05, 0) is 43.2 Å². The molecule has 3 N–H and O–H groups in total. The molecule has 0 saturated carbocycles. The van der Waals surface area contributed by atoms with E-state index in [-0.39, 0.29) is 10.6 Å². The van der Waals surface area contributed by atoms with Crippen molar-refractivity contribution in [3.8, 4) is 0 Å². The van der Waals surface area contributed by atoms with Crippen LogP contribution in [0.25, 0.3) is 0 Å². The van der Waals surface area contributed by atoms with Gasteiger partial charge in [-0.25, -0.2) is 8.42 Å². The van der Waals surface area contributed by atoms with Crippen LogP contribution in [0.5, 0.6) is 0 Å². The van der Waals surface area contributed by atoms with Gasteiger partial charge < -0.3 is 5.73 Å². The summed E-state index contributed by atoms with van der Waals surface area (Å²) in [7, 11) is -3.71. The van der Waals surface area contributed by atoms with E-state index in [9.17, 15) is 8.42 Å². The summed E-state index contributed by atoms with van der Waals surface area (Å²) in [6, 6.07) is 10.5. The Hall–Kier alpha value is -1.53. The fourth-order valence-electron chi connectivity index (χ4n) is 1.92. The van der Waals surface area contributed by atoms with Gasteiger partial charge in [0.05, 0.1) is 5.69 Å². The first-order chi connectivity index (χ1) is 9.31. The highest BCUT2D eigenvalue weighted by atomic mass is 79.9. The molecule has 0 aliphatic rings. The number of halogens is 1. The number of nitrogens with one attached hydrogen (secondary N) is 1. The smallest absolute Gasteiger partial charge is 0.264 e. The van der Waals surface area contributed by atoms with E-state index in [2.05, 4.69) is 20.7 Å². The van der Waals surface area contributed by atoms with E-state index in [0.29, 0.717) is 11.3 Å². The Morgan fingerprint density at radius 3 is 2.40 bits per heavy atom. The molecule has 0 radical (unpaired) electrons. The standard InChI is InChI=1S/C14H15BrN2O2S/c1-9-6-7-10(2)14(13(9)16)20(18,19)17-12-5-3-4-11(15)8-12/h3-8,17H,16H2,1-2H3. The van der Waals surface area contributed by atoms with Crippen molar-refractivity contribution in [2.24, 2.45) is 0 Å². The lowest BCUT2D eigenvalue weighted by Gasteiger charge is -2.14. The summed E-state index contributed by atoms with van der Waals surface area (Å²) >= 11 is 3.31. The maximum Gasteiger partial charge on any atom is 0.264 e. The van der Waals surface area contributed by atoms with Crippen LogP contribution in [0.15, 0.2) is 45.8 Å². The molecule has 2 aromatic rings. The second-order valence-electron chi connectivity index (χ2n) is 4.56. The fourth-order valence-corrected chi connectivity index (χ4v) is 3.80. The number of sulfonamides is 1. The molecule has 0 fully saturated rings. The quantitative estimate of drug-likeness (QED) is 0.829. The highest BCUT2D eigenvalue weighted by molar-refractivity contribution is 9.10. The fraction of sp³-hybridized carbons (Fsp3) is 0.143. The zero-order valence-electron chi connectivity index (χ0n) is 11.1. The molecule has 0 saturated heterocycles. The third-order valence-corrected chi connectivity index (χ3v) is 5.03. The Bertz CT molecular complexity index is 758. The maximum atomic E-state index is 12.5. The first-order valence-electron chi connectivity index (χ1n) is 5.95. The van der Waals surface area contributed by atoms with Gasteiger partial charge in [0.2, 0.25) is 0 Å². The largest absolute Gasteiger partial charge is 0.397 e. The number of hydrogen-bond acceptors (Lipinski definition) is 3. The Labute approximate surface area is 127 Å². The van der Waals surface area contributed by atoms with Gasteiger partial charge in [0.25, 0.3) is 10.0 Å². The van der Waals surface area contributed by atoms with E-state index >= 15 is 0 Å². The van der Waals surface area contributed by atoms with Gasteiger partial charge in [-0.2, -0.15) is 0 Å². The topological polar surface area (TPSA) is 72.2 Å². The van der Waals surface area contributed by atoms with E-state index in [0.717, 1.165) is 10.0 Å². The lowest BCUT2D eigenvalue weighted by molar-refractivity contribution is 0.601. The summed E-state index contributed by atoms with van der Waals surface area (Å²) in [6.45, 7) is 3.51. The first kappa shape index (κ1) is 14.9. The lowest BCUT2D eigenvalue weighted by atomic mass is 10.1. The van der Waals surface area contributed by atoms with Crippen molar-refractivity contribution in [2.75, 3.05) is 10.5 Å².